The SMILES string of the molecule is C[C@@H](C(=O)O)[C@H](C(=O)O)[Ge]([Cl])([Cl])[Cl]. The second-order valence-electron chi connectivity index (χ2n) is 2.48. The average molecular weight is 310 g/mol. The third kappa shape index (κ3) is 3.93. The normalized spacial score (nSPS) is 16.3. The van der Waals surface area contributed by atoms with Crippen LogP contribution in [-0.4, -0.2) is 32.6 Å². The van der Waals surface area contributed by atoms with E-state index in [0.717, 1.165) is 0 Å². The Labute approximate surface area is 89.7 Å². The van der Waals surface area contributed by atoms with Crippen LogP contribution in [0.15, 0.2) is 0 Å². The molecule has 0 aliphatic rings. The molecule has 0 aliphatic carbocycles. The third-order valence-corrected chi connectivity index (χ3v) is 8.22. The zero-order valence-electron chi connectivity index (χ0n) is 6.50. The van der Waals surface area contributed by atoms with Crippen molar-refractivity contribution in [3.63, 3.8) is 0 Å². The Hall–Kier alpha value is 0.353. The van der Waals surface area contributed by atoms with Gasteiger partial charge in [-0.25, -0.2) is 0 Å². The molecule has 8 heteroatoms. The molecule has 0 aliphatic heterocycles. The predicted molar refractivity (Wildman–Crippen MR) is 51.5 cm³/mol. The Balaban J connectivity index is 4.83. The molecule has 0 spiro atoms. The molecular formula is C5H7Cl3GeO4. The molecule has 0 radical (unpaired) electrons. The van der Waals surface area contributed by atoms with Crippen molar-refractivity contribution < 1.29 is 19.8 Å². The number of aliphatic carboxylic acids is 2. The van der Waals surface area contributed by atoms with Crippen LogP contribution in [0.2, 0.25) is 4.75 Å². The molecule has 2 N–H and O–H groups in total. The van der Waals surface area contributed by atoms with E-state index in [9.17, 15) is 9.59 Å². The summed E-state index contributed by atoms with van der Waals surface area (Å²) in [5, 5.41) is 17.2. The Morgan fingerprint density at radius 1 is 1.15 bits per heavy atom. The van der Waals surface area contributed by atoms with Crippen molar-refractivity contribution in [2.24, 2.45) is 5.92 Å². The molecule has 76 valence electrons. The molecule has 0 saturated carbocycles. The van der Waals surface area contributed by atoms with Crippen LogP contribution in [0, 0.1) is 5.92 Å². The van der Waals surface area contributed by atoms with E-state index in [-0.39, 0.29) is 0 Å². The van der Waals surface area contributed by atoms with Crippen LogP contribution >= 0.6 is 30.0 Å². The molecule has 0 amide bonds. The fourth-order valence-corrected chi connectivity index (χ4v) is 7.26. The predicted octanol–water partition coefficient (Wildman–Crippen LogP) is 1.82. The first-order valence-corrected chi connectivity index (χ1v) is 12.7. The van der Waals surface area contributed by atoms with Crippen molar-refractivity contribution in [2.45, 2.75) is 11.7 Å². The molecule has 4 nitrogen and oxygen atoms in total. The second-order valence-corrected chi connectivity index (χ2v) is 18.4. The van der Waals surface area contributed by atoms with Crippen LogP contribution in [0.25, 0.3) is 0 Å². The first-order valence-electron chi connectivity index (χ1n) is 3.20. The van der Waals surface area contributed by atoms with E-state index in [1.807, 2.05) is 0 Å². The number of carboxylic acid groups (broad SMARTS) is 2. The minimum absolute atomic E-state index is 1.18. The van der Waals surface area contributed by atoms with Gasteiger partial charge < -0.3 is 0 Å². The summed E-state index contributed by atoms with van der Waals surface area (Å²) in [6, 6.07) is 0. The summed E-state index contributed by atoms with van der Waals surface area (Å²) in [5.74, 6) is -3.82. The van der Waals surface area contributed by atoms with Gasteiger partial charge in [0, 0.05) is 0 Å². The number of hydrogen-bond acceptors (Lipinski definition) is 2. The molecule has 0 fully saturated rings. The van der Waals surface area contributed by atoms with Crippen LogP contribution in [0.5, 0.6) is 0 Å². The van der Waals surface area contributed by atoms with E-state index in [0.29, 0.717) is 0 Å². The van der Waals surface area contributed by atoms with Gasteiger partial charge >= 0.3 is 89.8 Å². The van der Waals surface area contributed by atoms with Crippen molar-refractivity contribution in [1.82, 2.24) is 0 Å². The minimum atomic E-state index is -4.04. The fraction of sp³-hybridized carbons (Fsp3) is 0.600. The zero-order chi connectivity index (χ0) is 10.8. The van der Waals surface area contributed by atoms with Crippen molar-refractivity contribution in [1.29, 1.82) is 0 Å². The molecule has 0 heterocycles. The van der Waals surface area contributed by atoms with E-state index in [1.54, 1.807) is 0 Å². The zero-order valence-corrected chi connectivity index (χ0v) is 10.9. The number of halogens is 3. The Morgan fingerprint density at radius 2 is 1.54 bits per heavy atom. The summed E-state index contributed by atoms with van der Waals surface area (Å²) in [5.41, 5.74) is 0. The molecule has 0 aromatic carbocycles. The van der Waals surface area contributed by atoms with Gasteiger partial charge in [-0.05, 0) is 0 Å². The van der Waals surface area contributed by atoms with Crippen molar-refractivity contribution in [3.8, 4) is 0 Å². The maximum absolute atomic E-state index is 10.6. The van der Waals surface area contributed by atoms with Gasteiger partial charge in [-0.2, -0.15) is 0 Å². The molecular weight excluding hydrogens is 303 g/mol. The summed E-state index contributed by atoms with van der Waals surface area (Å²) in [6.45, 7) is 1.22. The monoisotopic (exact) mass is 310 g/mol. The van der Waals surface area contributed by atoms with Crippen molar-refractivity contribution in [3.05, 3.63) is 0 Å². The summed E-state index contributed by atoms with van der Waals surface area (Å²) >= 11 is 0. The Bertz CT molecular complexity index is 226. The average Bonchev–Trinajstić information content (AvgIpc) is 1.82. The molecule has 0 rings (SSSR count). The van der Waals surface area contributed by atoms with Crippen molar-refractivity contribution in [2.75, 3.05) is 0 Å². The molecule has 2 atom stereocenters. The van der Waals surface area contributed by atoms with E-state index in [1.165, 1.54) is 6.92 Å². The molecule has 0 unspecified atom stereocenters. The van der Waals surface area contributed by atoms with E-state index in [4.69, 9.17) is 40.2 Å². The van der Waals surface area contributed by atoms with Gasteiger partial charge in [0.05, 0.1) is 0 Å². The van der Waals surface area contributed by atoms with Crippen LogP contribution in [-0.2, 0) is 9.59 Å². The number of carbonyl (C=O) groups is 2. The standard InChI is InChI=1S/C5H7Cl3GeO4/c1-2(4(10)11)3(5(12)13)9(6,7)8/h2-3H,1H3,(H,10,11)(H,12,13)/t2-,3-/m1/s1. The number of hydrogen-bond donors (Lipinski definition) is 2. The summed E-state index contributed by atoms with van der Waals surface area (Å²) in [7, 11) is 12.5. The van der Waals surface area contributed by atoms with Crippen LogP contribution in [0.3, 0.4) is 0 Å². The topological polar surface area (TPSA) is 74.6 Å². The van der Waals surface area contributed by atoms with Gasteiger partial charge in [-0.3, -0.25) is 0 Å². The first-order chi connectivity index (χ1) is 5.68. The van der Waals surface area contributed by atoms with E-state index in [2.05, 4.69) is 0 Å². The Kier molecular flexibility index (Phi) is 4.86. The van der Waals surface area contributed by atoms with Crippen LogP contribution in [0.4, 0.5) is 0 Å². The molecule has 0 bridgehead atoms. The quantitative estimate of drug-likeness (QED) is 0.777. The van der Waals surface area contributed by atoms with Gasteiger partial charge in [-0.15, -0.1) is 0 Å². The molecule has 13 heavy (non-hydrogen) atoms. The van der Waals surface area contributed by atoms with Gasteiger partial charge in [0.25, 0.3) is 0 Å². The molecule has 0 aromatic heterocycles. The van der Waals surface area contributed by atoms with E-state index >= 15 is 0 Å². The van der Waals surface area contributed by atoms with Gasteiger partial charge in [0.1, 0.15) is 0 Å². The third-order valence-electron chi connectivity index (χ3n) is 1.51. The van der Waals surface area contributed by atoms with E-state index < -0.39 is 33.1 Å². The van der Waals surface area contributed by atoms with Gasteiger partial charge in [0.15, 0.2) is 0 Å². The van der Waals surface area contributed by atoms with Crippen molar-refractivity contribution >= 4 is 52.4 Å². The van der Waals surface area contributed by atoms with Gasteiger partial charge in [0.2, 0.25) is 0 Å². The maximum atomic E-state index is 10.6. The fourth-order valence-electron chi connectivity index (χ4n) is 0.780. The second kappa shape index (κ2) is 4.73. The molecule has 0 aromatic rings. The summed E-state index contributed by atoms with van der Waals surface area (Å²) < 4.78 is -1.37. The number of rotatable bonds is 4. The number of carboxylic acids is 2. The molecule has 0 saturated heterocycles. The summed E-state index contributed by atoms with van der Waals surface area (Å²) in [6.07, 6.45) is 0. The first kappa shape index (κ1) is 13.4. The summed E-state index contributed by atoms with van der Waals surface area (Å²) in [4.78, 5) is 21.1. The van der Waals surface area contributed by atoms with Gasteiger partial charge in [-0.1, -0.05) is 0 Å². The Morgan fingerprint density at radius 3 is 1.62 bits per heavy atom. The van der Waals surface area contributed by atoms with Crippen LogP contribution < -0.4 is 0 Å². The van der Waals surface area contributed by atoms with Crippen LogP contribution in [0.1, 0.15) is 6.92 Å².